The van der Waals surface area contributed by atoms with E-state index in [0.29, 0.717) is 11.3 Å². The molecular formula is C24H29F5N4O2. The Labute approximate surface area is 200 Å². The first-order chi connectivity index (χ1) is 16.2. The summed E-state index contributed by atoms with van der Waals surface area (Å²) in [6.07, 6.45) is -2.52. The third-order valence-electron chi connectivity index (χ3n) is 5.88. The van der Waals surface area contributed by atoms with Crippen LogP contribution in [0.1, 0.15) is 54.9 Å². The smallest absolute Gasteiger partial charge is 0.389 e. The Bertz CT molecular complexity index is 1180. The van der Waals surface area contributed by atoms with Crippen molar-refractivity contribution < 1.29 is 31.5 Å². The van der Waals surface area contributed by atoms with E-state index in [1.165, 1.54) is 17.4 Å². The van der Waals surface area contributed by atoms with Crippen LogP contribution in [0.3, 0.4) is 0 Å². The van der Waals surface area contributed by atoms with Gasteiger partial charge in [0.05, 0.1) is 11.3 Å². The van der Waals surface area contributed by atoms with E-state index in [1.54, 1.807) is 33.0 Å². The Morgan fingerprint density at radius 3 is 2.63 bits per heavy atom. The van der Waals surface area contributed by atoms with Gasteiger partial charge >= 0.3 is 6.18 Å². The van der Waals surface area contributed by atoms with Crippen molar-refractivity contribution in [2.45, 2.75) is 58.7 Å². The normalized spacial score (nSPS) is 18.5. The Morgan fingerprint density at radius 2 is 1.97 bits per heavy atom. The minimum absolute atomic E-state index is 0.155. The molecule has 3 rings (SSSR count). The maximum atomic E-state index is 14.4. The fourth-order valence-electron chi connectivity index (χ4n) is 3.83. The first-order valence-electron chi connectivity index (χ1n) is 11.2. The van der Waals surface area contributed by atoms with Gasteiger partial charge in [0.1, 0.15) is 24.0 Å². The molecule has 0 aliphatic heterocycles. The van der Waals surface area contributed by atoms with E-state index in [1.807, 2.05) is 0 Å². The number of rotatable bonds is 8. The highest BCUT2D eigenvalue weighted by atomic mass is 19.4. The number of aromatic nitrogens is 2. The van der Waals surface area contributed by atoms with Gasteiger partial charge in [-0.3, -0.25) is 9.20 Å². The van der Waals surface area contributed by atoms with E-state index in [9.17, 15) is 26.7 Å². The molecule has 0 saturated carbocycles. The fraction of sp³-hybridized carbons (Fsp3) is 0.500. The van der Waals surface area contributed by atoms with Crippen LogP contribution in [-0.2, 0) is 0 Å². The van der Waals surface area contributed by atoms with Gasteiger partial charge in [-0.25, -0.2) is 13.8 Å². The van der Waals surface area contributed by atoms with Crippen molar-refractivity contribution in [3.8, 4) is 5.75 Å². The highest BCUT2D eigenvalue weighted by Gasteiger charge is 2.32. The number of alkyl halides is 3. The number of hydrogen-bond donors (Lipinski definition) is 2. The van der Waals surface area contributed by atoms with Gasteiger partial charge in [-0.2, -0.15) is 13.2 Å². The monoisotopic (exact) mass is 500 g/mol. The van der Waals surface area contributed by atoms with Crippen molar-refractivity contribution in [3.63, 3.8) is 0 Å². The molecule has 1 aliphatic rings. The zero-order valence-electron chi connectivity index (χ0n) is 20.0. The molecule has 2 atom stereocenters. The minimum atomic E-state index is -4.34. The SMILES string of the molecule is Cc1cc(OCC2=C(F)C(C)CC=C2F)c2nc(C)c(C(=O)NCC(C)(N)CCC(F)(F)F)n2c1. The van der Waals surface area contributed by atoms with Crippen molar-refractivity contribution in [3.05, 3.63) is 52.5 Å². The summed E-state index contributed by atoms with van der Waals surface area (Å²) in [6, 6.07) is 1.64. The Balaban J connectivity index is 1.82. The summed E-state index contributed by atoms with van der Waals surface area (Å²) in [5.41, 5.74) is 5.96. The molecule has 0 bridgehead atoms. The van der Waals surface area contributed by atoms with Gasteiger partial charge in [-0.15, -0.1) is 0 Å². The summed E-state index contributed by atoms with van der Waals surface area (Å²) in [4.78, 5) is 17.3. The molecule has 192 valence electrons. The summed E-state index contributed by atoms with van der Waals surface area (Å²) in [7, 11) is 0. The Kier molecular flexibility index (Phi) is 7.59. The number of carbonyl (C=O) groups is 1. The third-order valence-corrected chi connectivity index (χ3v) is 5.88. The number of pyridine rings is 1. The summed E-state index contributed by atoms with van der Waals surface area (Å²) in [5, 5.41) is 2.59. The van der Waals surface area contributed by atoms with Crippen molar-refractivity contribution in [1.82, 2.24) is 14.7 Å². The standard InChI is InChI=1S/C24H29F5N4O2/c1-13-9-18(35-11-16-17(25)6-5-14(2)19(16)26)21-32-15(3)20(33(21)10-13)22(34)31-12-23(4,30)7-8-24(27,28)29/h6,9-10,14H,5,7-8,11-12,30H2,1-4H3,(H,31,34). The summed E-state index contributed by atoms with van der Waals surface area (Å²) in [6.45, 7) is 5.91. The molecule has 2 unspecified atom stereocenters. The lowest BCUT2D eigenvalue weighted by molar-refractivity contribution is -0.137. The molecule has 2 heterocycles. The minimum Gasteiger partial charge on any atom is -0.485 e. The molecule has 2 aromatic rings. The summed E-state index contributed by atoms with van der Waals surface area (Å²) in [5.74, 6) is -2.02. The largest absolute Gasteiger partial charge is 0.485 e. The number of hydrogen-bond acceptors (Lipinski definition) is 4. The molecule has 1 amide bonds. The second-order valence-electron chi connectivity index (χ2n) is 9.38. The Hall–Kier alpha value is -2.95. The first kappa shape index (κ1) is 26.7. The number of imidazole rings is 1. The molecule has 0 fully saturated rings. The van der Waals surface area contributed by atoms with Crippen LogP contribution >= 0.6 is 0 Å². The second kappa shape index (κ2) is 9.96. The molecule has 6 nitrogen and oxygen atoms in total. The van der Waals surface area contributed by atoms with E-state index in [-0.39, 0.29) is 48.7 Å². The van der Waals surface area contributed by atoms with E-state index >= 15 is 0 Å². The average Bonchev–Trinajstić information content (AvgIpc) is 3.08. The topological polar surface area (TPSA) is 81.6 Å². The first-order valence-corrected chi connectivity index (χ1v) is 11.2. The van der Waals surface area contributed by atoms with Crippen molar-refractivity contribution in [2.75, 3.05) is 13.2 Å². The highest BCUT2D eigenvalue weighted by Crippen LogP contribution is 2.33. The van der Waals surface area contributed by atoms with Gasteiger partial charge in [0.2, 0.25) is 0 Å². The molecule has 35 heavy (non-hydrogen) atoms. The van der Waals surface area contributed by atoms with E-state index in [0.717, 1.165) is 0 Å². The highest BCUT2D eigenvalue weighted by molar-refractivity contribution is 5.95. The van der Waals surface area contributed by atoms with Crippen LogP contribution in [0.4, 0.5) is 22.0 Å². The number of ether oxygens (including phenoxy) is 1. The van der Waals surface area contributed by atoms with E-state index in [2.05, 4.69) is 10.3 Å². The molecule has 0 aromatic carbocycles. The number of aryl methyl sites for hydroxylation is 2. The lowest BCUT2D eigenvalue weighted by atomic mass is 9.96. The maximum Gasteiger partial charge on any atom is 0.389 e. The number of nitrogens with one attached hydrogen (secondary N) is 1. The van der Waals surface area contributed by atoms with E-state index < -0.39 is 41.6 Å². The number of halogens is 5. The van der Waals surface area contributed by atoms with Crippen LogP contribution in [0.5, 0.6) is 5.75 Å². The quantitative estimate of drug-likeness (QED) is 0.486. The number of amides is 1. The number of nitrogens with two attached hydrogens (primary N) is 1. The van der Waals surface area contributed by atoms with Crippen molar-refractivity contribution in [1.29, 1.82) is 0 Å². The van der Waals surface area contributed by atoms with Gasteiger partial charge in [-0.1, -0.05) is 6.92 Å². The Morgan fingerprint density at radius 1 is 1.29 bits per heavy atom. The lowest BCUT2D eigenvalue weighted by Crippen LogP contribution is -2.48. The zero-order valence-corrected chi connectivity index (χ0v) is 20.0. The molecule has 0 radical (unpaired) electrons. The second-order valence-corrected chi connectivity index (χ2v) is 9.38. The van der Waals surface area contributed by atoms with Gasteiger partial charge in [0.15, 0.2) is 11.4 Å². The van der Waals surface area contributed by atoms with Gasteiger partial charge in [-0.05, 0) is 51.3 Å². The predicted octanol–water partition coefficient (Wildman–Crippen LogP) is 5.24. The number of fused-ring (bicyclic) bond motifs is 1. The number of allylic oxidation sites excluding steroid dienone is 2. The molecular weight excluding hydrogens is 471 g/mol. The summed E-state index contributed by atoms with van der Waals surface area (Å²) >= 11 is 0. The molecule has 1 aliphatic carbocycles. The molecule has 3 N–H and O–H groups in total. The zero-order chi connectivity index (χ0) is 26.1. The van der Waals surface area contributed by atoms with Crippen LogP contribution in [0.15, 0.2) is 35.6 Å². The van der Waals surface area contributed by atoms with Crippen molar-refractivity contribution in [2.24, 2.45) is 11.7 Å². The lowest BCUT2D eigenvalue weighted by Gasteiger charge is -2.25. The van der Waals surface area contributed by atoms with Crippen LogP contribution in [0, 0.1) is 19.8 Å². The summed E-state index contributed by atoms with van der Waals surface area (Å²) < 4.78 is 73.5. The van der Waals surface area contributed by atoms with Crippen LogP contribution in [-0.4, -0.2) is 40.2 Å². The van der Waals surface area contributed by atoms with Crippen LogP contribution in [0.25, 0.3) is 5.65 Å². The molecule has 0 saturated heterocycles. The van der Waals surface area contributed by atoms with Gasteiger partial charge in [0, 0.05) is 30.6 Å². The molecule has 11 heteroatoms. The van der Waals surface area contributed by atoms with Crippen LogP contribution < -0.4 is 15.8 Å². The maximum absolute atomic E-state index is 14.4. The third kappa shape index (κ3) is 6.39. The number of nitrogens with zero attached hydrogens (tertiary/aromatic N) is 2. The predicted molar refractivity (Wildman–Crippen MR) is 121 cm³/mol. The fourth-order valence-corrected chi connectivity index (χ4v) is 3.83. The average molecular weight is 501 g/mol. The number of carbonyl (C=O) groups excluding carboxylic acids is 1. The molecule has 0 spiro atoms. The molecule has 2 aromatic heterocycles. The van der Waals surface area contributed by atoms with Gasteiger partial charge in [0.25, 0.3) is 5.91 Å². The van der Waals surface area contributed by atoms with Crippen molar-refractivity contribution >= 4 is 11.6 Å². The van der Waals surface area contributed by atoms with Gasteiger partial charge < -0.3 is 15.8 Å². The van der Waals surface area contributed by atoms with E-state index in [4.69, 9.17) is 10.5 Å². The van der Waals surface area contributed by atoms with Crippen LogP contribution in [0.2, 0.25) is 0 Å².